The molecule has 3 nitrogen and oxygen atoms in total. The van der Waals surface area contributed by atoms with Crippen molar-refractivity contribution < 1.29 is 0 Å². The molecule has 0 aliphatic heterocycles. The third-order valence-electron chi connectivity index (χ3n) is 5.29. The molecule has 1 fully saturated rings. The van der Waals surface area contributed by atoms with E-state index in [4.69, 9.17) is 0 Å². The van der Waals surface area contributed by atoms with Crippen LogP contribution in [0.1, 0.15) is 64.6 Å². The van der Waals surface area contributed by atoms with Crippen molar-refractivity contribution in [2.45, 2.75) is 71.3 Å². The minimum absolute atomic E-state index is 0.680. The van der Waals surface area contributed by atoms with Crippen LogP contribution >= 0.6 is 0 Å². The van der Waals surface area contributed by atoms with Crippen LogP contribution in [0.15, 0.2) is 12.4 Å². The van der Waals surface area contributed by atoms with Crippen LogP contribution in [0.5, 0.6) is 0 Å². The molecule has 1 unspecified atom stereocenters. The predicted octanol–water partition coefficient (Wildman–Crippen LogP) is 3.94. The highest BCUT2D eigenvalue weighted by atomic mass is 15.0. The highest BCUT2D eigenvalue weighted by Gasteiger charge is 2.26. The van der Waals surface area contributed by atoms with Gasteiger partial charge in [0.15, 0.2) is 0 Å². The lowest BCUT2D eigenvalue weighted by atomic mass is 9.76. The molecule has 1 saturated carbocycles. The molecule has 0 aromatic carbocycles. The lowest BCUT2D eigenvalue weighted by Gasteiger charge is -2.34. The third kappa shape index (κ3) is 4.84. The maximum atomic E-state index is 4.47. The van der Waals surface area contributed by atoms with Gasteiger partial charge in [-0.1, -0.05) is 33.1 Å². The maximum Gasteiger partial charge on any atom is 0.108 e. The lowest BCUT2D eigenvalue weighted by molar-refractivity contribution is 0.210. The molecular weight excluding hydrogens is 258 g/mol. The normalized spacial score (nSPS) is 24.1. The minimum Gasteiger partial charge on any atom is -0.338 e. The molecule has 0 bridgehead atoms. The van der Waals surface area contributed by atoms with Crippen LogP contribution in [0.3, 0.4) is 0 Å². The van der Waals surface area contributed by atoms with Crippen LogP contribution in [0.2, 0.25) is 0 Å². The lowest BCUT2D eigenvalue weighted by Crippen LogP contribution is -2.39. The van der Waals surface area contributed by atoms with Gasteiger partial charge in [0.25, 0.3) is 0 Å². The van der Waals surface area contributed by atoms with E-state index in [1.165, 1.54) is 50.8 Å². The first-order valence-electron chi connectivity index (χ1n) is 8.94. The molecule has 120 valence electrons. The van der Waals surface area contributed by atoms with Crippen molar-refractivity contribution in [3.63, 3.8) is 0 Å². The highest BCUT2D eigenvalue weighted by Crippen LogP contribution is 2.33. The van der Waals surface area contributed by atoms with Crippen LogP contribution in [0.4, 0.5) is 0 Å². The summed E-state index contributed by atoms with van der Waals surface area (Å²) in [6.07, 6.45) is 14.6. The van der Waals surface area contributed by atoms with Gasteiger partial charge in [-0.25, -0.2) is 4.98 Å². The summed E-state index contributed by atoms with van der Waals surface area (Å²) in [6, 6.07) is 0.680. The standard InChI is InChI=1S/C18H33N3/c1-4-12-19-17(10-11-18-20-13-14-21(18)3)16-8-6-15(5-2)7-9-16/h13-17,19H,4-12H2,1-3H3. The van der Waals surface area contributed by atoms with Crippen LogP contribution in [0, 0.1) is 11.8 Å². The molecule has 1 N–H and O–H groups in total. The summed E-state index contributed by atoms with van der Waals surface area (Å²) in [5.41, 5.74) is 0. The zero-order valence-corrected chi connectivity index (χ0v) is 14.1. The van der Waals surface area contributed by atoms with Crippen molar-refractivity contribution in [2.75, 3.05) is 6.54 Å². The number of rotatable bonds is 8. The molecule has 1 atom stereocenters. The second-order valence-electron chi connectivity index (χ2n) is 6.74. The summed E-state index contributed by atoms with van der Waals surface area (Å²) in [5.74, 6) is 3.09. The van der Waals surface area contributed by atoms with Gasteiger partial charge in [0.1, 0.15) is 5.82 Å². The summed E-state index contributed by atoms with van der Waals surface area (Å²) in [4.78, 5) is 4.47. The molecule has 1 aliphatic rings. The van der Waals surface area contributed by atoms with E-state index < -0.39 is 0 Å². The molecule has 0 amide bonds. The summed E-state index contributed by atoms with van der Waals surface area (Å²) < 4.78 is 2.16. The van der Waals surface area contributed by atoms with Gasteiger partial charge in [-0.05, 0) is 44.1 Å². The van der Waals surface area contributed by atoms with Gasteiger partial charge in [-0.3, -0.25) is 0 Å². The fraction of sp³-hybridized carbons (Fsp3) is 0.833. The Balaban J connectivity index is 1.87. The largest absolute Gasteiger partial charge is 0.338 e. The topological polar surface area (TPSA) is 29.9 Å². The smallest absolute Gasteiger partial charge is 0.108 e. The molecule has 21 heavy (non-hydrogen) atoms. The maximum absolute atomic E-state index is 4.47. The quantitative estimate of drug-likeness (QED) is 0.786. The first-order valence-corrected chi connectivity index (χ1v) is 8.94. The van der Waals surface area contributed by atoms with Gasteiger partial charge < -0.3 is 9.88 Å². The van der Waals surface area contributed by atoms with Gasteiger partial charge >= 0.3 is 0 Å². The summed E-state index contributed by atoms with van der Waals surface area (Å²) in [5, 5.41) is 3.82. The molecule has 1 heterocycles. The molecule has 1 aromatic heterocycles. The van der Waals surface area contributed by atoms with E-state index in [0.717, 1.165) is 24.8 Å². The Morgan fingerprint density at radius 2 is 2.05 bits per heavy atom. The van der Waals surface area contributed by atoms with Crippen molar-refractivity contribution in [3.05, 3.63) is 18.2 Å². The molecule has 0 saturated heterocycles. The second-order valence-corrected chi connectivity index (χ2v) is 6.74. The van der Waals surface area contributed by atoms with Crippen LogP contribution < -0.4 is 5.32 Å². The molecule has 3 heteroatoms. The summed E-state index contributed by atoms with van der Waals surface area (Å²) >= 11 is 0. The number of aryl methyl sites for hydroxylation is 2. The van der Waals surface area contributed by atoms with Crippen molar-refractivity contribution in [2.24, 2.45) is 18.9 Å². The zero-order valence-electron chi connectivity index (χ0n) is 14.1. The minimum atomic E-state index is 0.680. The molecule has 1 aromatic rings. The van der Waals surface area contributed by atoms with Gasteiger partial charge in [-0.2, -0.15) is 0 Å². The van der Waals surface area contributed by atoms with Crippen LogP contribution in [-0.2, 0) is 13.5 Å². The monoisotopic (exact) mass is 291 g/mol. The van der Waals surface area contributed by atoms with Crippen molar-refractivity contribution in [1.29, 1.82) is 0 Å². The number of imidazole rings is 1. The van der Waals surface area contributed by atoms with E-state index in [2.05, 4.69) is 42.0 Å². The number of hydrogen-bond donors (Lipinski definition) is 1. The van der Waals surface area contributed by atoms with Gasteiger partial charge in [0, 0.05) is 31.9 Å². The number of nitrogens with one attached hydrogen (secondary N) is 1. The van der Waals surface area contributed by atoms with E-state index in [9.17, 15) is 0 Å². The van der Waals surface area contributed by atoms with Crippen LogP contribution in [-0.4, -0.2) is 22.1 Å². The van der Waals surface area contributed by atoms with E-state index in [-0.39, 0.29) is 0 Å². The Morgan fingerprint density at radius 3 is 2.62 bits per heavy atom. The summed E-state index contributed by atoms with van der Waals surface area (Å²) in [6.45, 7) is 5.76. The Labute approximate surface area is 130 Å². The first kappa shape index (κ1) is 16.5. The second kappa shape index (κ2) is 8.57. The number of nitrogens with zero attached hydrogens (tertiary/aromatic N) is 2. The fourth-order valence-corrected chi connectivity index (χ4v) is 3.75. The third-order valence-corrected chi connectivity index (χ3v) is 5.29. The van der Waals surface area contributed by atoms with E-state index in [1.807, 2.05) is 6.20 Å². The Morgan fingerprint density at radius 1 is 1.29 bits per heavy atom. The summed E-state index contributed by atoms with van der Waals surface area (Å²) in [7, 11) is 2.10. The molecule has 0 spiro atoms. The van der Waals surface area contributed by atoms with Crippen LogP contribution in [0.25, 0.3) is 0 Å². The van der Waals surface area contributed by atoms with Crippen molar-refractivity contribution in [3.8, 4) is 0 Å². The van der Waals surface area contributed by atoms with E-state index in [1.54, 1.807) is 0 Å². The number of aromatic nitrogens is 2. The highest BCUT2D eigenvalue weighted by molar-refractivity contribution is 4.93. The Hall–Kier alpha value is -0.830. The predicted molar refractivity (Wildman–Crippen MR) is 89.3 cm³/mol. The molecular formula is C18H33N3. The molecule has 2 rings (SSSR count). The molecule has 0 radical (unpaired) electrons. The Kier molecular flexibility index (Phi) is 6.75. The first-order chi connectivity index (χ1) is 10.2. The average molecular weight is 291 g/mol. The zero-order chi connectivity index (χ0) is 15.1. The van der Waals surface area contributed by atoms with E-state index in [0.29, 0.717) is 6.04 Å². The van der Waals surface area contributed by atoms with Gasteiger partial charge in [0.2, 0.25) is 0 Å². The van der Waals surface area contributed by atoms with Gasteiger partial charge in [0.05, 0.1) is 0 Å². The van der Waals surface area contributed by atoms with E-state index >= 15 is 0 Å². The Bertz CT molecular complexity index is 391. The van der Waals surface area contributed by atoms with Gasteiger partial charge in [-0.15, -0.1) is 0 Å². The van der Waals surface area contributed by atoms with Crippen molar-refractivity contribution in [1.82, 2.24) is 14.9 Å². The average Bonchev–Trinajstić information content (AvgIpc) is 2.93. The fourth-order valence-electron chi connectivity index (χ4n) is 3.75. The van der Waals surface area contributed by atoms with Crippen molar-refractivity contribution >= 4 is 0 Å². The number of hydrogen-bond acceptors (Lipinski definition) is 2. The molecule has 1 aliphatic carbocycles. The SMILES string of the molecule is CCCNC(CCc1nccn1C)C1CCC(CC)CC1.